The van der Waals surface area contributed by atoms with Gasteiger partial charge in [0.15, 0.2) is 6.61 Å². The number of piperidine rings is 1. The summed E-state index contributed by atoms with van der Waals surface area (Å²) in [5.74, 6) is -0.405. The standard InChI is InChI=1S/C21H28ClFN2O4/c1-20(2,3)29-19(27)24-14-11-21(12-14)6-8-25(9-7-21)18(26)13-28-15-4-5-16(22)17(23)10-15/h4-5,10,14H,6-9,11-13H2,1-3H3,(H,24,27). The Labute approximate surface area is 175 Å². The molecule has 1 aliphatic carbocycles. The van der Waals surface area contributed by atoms with E-state index < -0.39 is 11.4 Å². The molecule has 160 valence electrons. The molecule has 0 unspecified atom stereocenters. The maximum absolute atomic E-state index is 13.4. The number of rotatable bonds is 4. The number of ether oxygens (including phenoxy) is 2. The molecule has 1 saturated carbocycles. The predicted molar refractivity (Wildman–Crippen MR) is 108 cm³/mol. The molecule has 2 amide bonds. The second-order valence-corrected chi connectivity index (χ2v) is 9.40. The molecule has 1 aromatic carbocycles. The van der Waals surface area contributed by atoms with E-state index in [0.29, 0.717) is 13.1 Å². The van der Waals surface area contributed by atoms with E-state index in [2.05, 4.69) is 5.32 Å². The molecular weight excluding hydrogens is 399 g/mol. The van der Waals surface area contributed by atoms with Gasteiger partial charge in [-0.15, -0.1) is 0 Å². The van der Waals surface area contributed by atoms with E-state index in [1.165, 1.54) is 18.2 Å². The number of nitrogens with one attached hydrogen (secondary N) is 1. The van der Waals surface area contributed by atoms with Crippen LogP contribution in [0, 0.1) is 11.2 Å². The van der Waals surface area contributed by atoms with Crippen LogP contribution in [0.4, 0.5) is 9.18 Å². The van der Waals surface area contributed by atoms with Gasteiger partial charge < -0.3 is 19.7 Å². The summed E-state index contributed by atoms with van der Waals surface area (Å²) in [6.07, 6.45) is 3.26. The van der Waals surface area contributed by atoms with Crippen LogP contribution in [-0.4, -0.2) is 48.2 Å². The minimum atomic E-state index is -0.573. The Kier molecular flexibility index (Phi) is 6.27. The number of hydrogen-bond acceptors (Lipinski definition) is 4. The van der Waals surface area contributed by atoms with E-state index in [-0.39, 0.29) is 40.8 Å². The highest BCUT2D eigenvalue weighted by Gasteiger charge is 2.47. The summed E-state index contributed by atoms with van der Waals surface area (Å²) in [5, 5.41) is 2.94. The molecule has 1 aliphatic heterocycles. The van der Waals surface area contributed by atoms with Crippen molar-refractivity contribution in [3.05, 3.63) is 29.0 Å². The molecule has 0 bridgehead atoms. The van der Waals surface area contributed by atoms with Crippen LogP contribution in [0.3, 0.4) is 0 Å². The van der Waals surface area contributed by atoms with E-state index in [1.807, 2.05) is 20.8 Å². The molecular formula is C21H28ClFN2O4. The Morgan fingerprint density at radius 3 is 2.52 bits per heavy atom. The largest absolute Gasteiger partial charge is 0.484 e. The number of amides is 2. The highest BCUT2D eigenvalue weighted by atomic mass is 35.5. The van der Waals surface area contributed by atoms with Crippen molar-refractivity contribution in [3.63, 3.8) is 0 Å². The first-order chi connectivity index (χ1) is 13.6. The van der Waals surface area contributed by atoms with Crippen LogP contribution in [0.15, 0.2) is 18.2 Å². The van der Waals surface area contributed by atoms with Gasteiger partial charge in [-0.05, 0) is 64.0 Å². The second kappa shape index (κ2) is 8.38. The number of nitrogens with zero attached hydrogens (tertiary/aromatic N) is 1. The van der Waals surface area contributed by atoms with Crippen LogP contribution >= 0.6 is 11.6 Å². The third-order valence-electron chi connectivity index (χ3n) is 5.51. The Hall–Kier alpha value is -2.02. The number of halogens is 2. The Morgan fingerprint density at radius 2 is 1.93 bits per heavy atom. The molecule has 1 N–H and O–H groups in total. The van der Waals surface area contributed by atoms with Gasteiger partial charge in [0.1, 0.15) is 17.2 Å². The highest BCUT2D eigenvalue weighted by molar-refractivity contribution is 6.30. The van der Waals surface area contributed by atoms with Crippen LogP contribution in [-0.2, 0) is 9.53 Å². The number of alkyl carbamates (subject to hydrolysis) is 1. The summed E-state index contributed by atoms with van der Waals surface area (Å²) >= 11 is 5.64. The van der Waals surface area contributed by atoms with Gasteiger partial charge in [-0.2, -0.15) is 0 Å². The molecule has 1 aromatic rings. The molecule has 0 aromatic heterocycles. The Bertz CT molecular complexity index is 764. The topological polar surface area (TPSA) is 67.9 Å². The lowest BCUT2D eigenvalue weighted by atomic mass is 9.60. The van der Waals surface area contributed by atoms with Gasteiger partial charge in [-0.25, -0.2) is 9.18 Å². The zero-order chi connectivity index (χ0) is 21.2. The highest BCUT2D eigenvalue weighted by Crippen LogP contribution is 2.49. The van der Waals surface area contributed by atoms with Gasteiger partial charge in [-0.3, -0.25) is 4.79 Å². The van der Waals surface area contributed by atoms with Crippen molar-refractivity contribution in [3.8, 4) is 5.75 Å². The average Bonchev–Trinajstić information content (AvgIpc) is 2.60. The van der Waals surface area contributed by atoms with E-state index in [9.17, 15) is 14.0 Å². The Balaban J connectivity index is 1.39. The first-order valence-electron chi connectivity index (χ1n) is 9.90. The molecule has 1 spiro atoms. The van der Waals surface area contributed by atoms with Crippen molar-refractivity contribution in [2.75, 3.05) is 19.7 Å². The smallest absolute Gasteiger partial charge is 0.407 e. The number of hydrogen-bond donors (Lipinski definition) is 1. The first kappa shape index (κ1) is 21.7. The summed E-state index contributed by atoms with van der Waals surface area (Å²) in [6, 6.07) is 4.25. The van der Waals surface area contributed by atoms with Crippen molar-refractivity contribution >= 4 is 23.6 Å². The molecule has 0 radical (unpaired) electrons. The lowest BCUT2D eigenvalue weighted by Gasteiger charge is -2.52. The van der Waals surface area contributed by atoms with E-state index in [0.717, 1.165) is 25.7 Å². The maximum Gasteiger partial charge on any atom is 0.407 e. The van der Waals surface area contributed by atoms with E-state index in [4.69, 9.17) is 21.1 Å². The normalized spacial score (nSPS) is 18.9. The molecule has 1 saturated heterocycles. The van der Waals surface area contributed by atoms with Gasteiger partial charge >= 0.3 is 6.09 Å². The predicted octanol–water partition coefficient (Wildman–Crippen LogP) is 4.15. The number of carbonyl (C=O) groups excluding carboxylic acids is 2. The van der Waals surface area contributed by atoms with Gasteiger partial charge in [0.25, 0.3) is 5.91 Å². The monoisotopic (exact) mass is 426 g/mol. The van der Waals surface area contributed by atoms with Crippen molar-refractivity contribution in [2.45, 2.75) is 58.1 Å². The Morgan fingerprint density at radius 1 is 1.28 bits per heavy atom. The SMILES string of the molecule is CC(C)(C)OC(=O)NC1CC2(CCN(C(=O)COc3ccc(Cl)c(F)c3)CC2)C1. The maximum atomic E-state index is 13.4. The van der Waals surface area contributed by atoms with Crippen LogP contribution in [0.25, 0.3) is 0 Å². The second-order valence-electron chi connectivity index (χ2n) is 9.00. The van der Waals surface area contributed by atoms with Crippen LogP contribution in [0.1, 0.15) is 46.5 Å². The van der Waals surface area contributed by atoms with Gasteiger partial charge in [-0.1, -0.05) is 11.6 Å². The fourth-order valence-electron chi connectivity index (χ4n) is 4.00. The molecule has 6 nitrogen and oxygen atoms in total. The minimum absolute atomic E-state index is 0.0185. The summed E-state index contributed by atoms with van der Waals surface area (Å²) in [5.41, 5.74) is -0.312. The minimum Gasteiger partial charge on any atom is -0.484 e. The molecule has 8 heteroatoms. The van der Waals surface area contributed by atoms with Crippen molar-refractivity contribution in [2.24, 2.45) is 5.41 Å². The molecule has 3 rings (SSSR count). The summed E-state index contributed by atoms with van der Waals surface area (Å²) in [4.78, 5) is 26.0. The summed E-state index contributed by atoms with van der Waals surface area (Å²) in [6.45, 7) is 6.72. The molecule has 29 heavy (non-hydrogen) atoms. The molecule has 1 heterocycles. The third-order valence-corrected chi connectivity index (χ3v) is 5.82. The first-order valence-corrected chi connectivity index (χ1v) is 10.3. The number of benzene rings is 1. The number of carbonyl (C=O) groups is 2. The average molecular weight is 427 g/mol. The lowest BCUT2D eigenvalue weighted by Crippen LogP contribution is -2.56. The van der Waals surface area contributed by atoms with Crippen molar-refractivity contribution in [1.29, 1.82) is 0 Å². The zero-order valence-corrected chi connectivity index (χ0v) is 17.9. The van der Waals surface area contributed by atoms with E-state index in [1.54, 1.807) is 4.90 Å². The van der Waals surface area contributed by atoms with E-state index >= 15 is 0 Å². The van der Waals surface area contributed by atoms with Crippen molar-refractivity contribution < 1.29 is 23.5 Å². The number of likely N-dealkylation sites (tertiary alicyclic amines) is 1. The molecule has 0 atom stereocenters. The fourth-order valence-corrected chi connectivity index (χ4v) is 4.12. The molecule has 2 aliphatic rings. The van der Waals surface area contributed by atoms with Crippen LogP contribution in [0.5, 0.6) is 5.75 Å². The summed E-state index contributed by atoms with van der Waals surface area (Å²) < 4.78 is 24.1. The van der Waals surface area contributed by atoms with Crippen LogP contribution in [0.2, 0.25) is 5.02 Å². The van der Waals surface area contributed by atoms with Gasteiger partial charge in [0, 0.05) is 25.2 Å². The lowest BCUT2D eigenvalue weighted by molar-refractivity contribution is -0.137. The van der Waals surface area contributed by atoms with Gasteiger partial charge in [0.05, 0.1) is 5.02 Å². The van der Waals surface area contributed by atoms with Crippen molar-refractivity contribution in [1.82, 2.24) is 10.2 Å². The van der Waals surface area contributed by atoms with Crippen LogP contribution < -0.4 is 10.1 Å². The summed E-state index contributed by atoms with van der Waals surface area (Å²) in [7, 11) is 0. The third kappa shape index (κ3) is 5.75. The molecule has 2 fully saturated rings. The fraction of sp³-hybridized carbons (Fsp3) is 0.619. The van der Waals surface area contributed by atoms with Gasteiger partial charge in [0.2, 0.25) is 0 Å². The quantitative estimate of drug-likeness (QED) is 0.785. The zero-order valence-electron chi connectivity index (χ0n) is 17.1.